The molecule has 0 saturated heterocycles. The lowest BCUT2D eigenvalue weighted by Crippen LogP contribution is -2.05. The van der Waals surface area contributed by atoms with Crippen LogP contribution in [-0.4, -0.2) is 4.98 Å². The van der Waals surface area contributed by atoms with Crippen LogP contribution in [0.2, 0.25) is 0 Å². The van der Waals surface area contributed by atoms with Gasteiger partial charge in [0.2, 0.25) is 5.76 Å². The van der Waals surface area contributed by atoms with E-state index >= 15 is 0 Å². The predicted octanol–water partition coefficient (Wildman–Crippen LogP) is 1.87. The molecule has 1 heterocycles. The van der Waals surface area contributed by atoms with Crippen LogP contribution >= 0.6 is 0 Å². The fourth-order valence-corrected chi connectivity index (χ4v) is 0.695. The van der Waals surface area contributed by atoms with Gasteiger partial charge in [0.25, 0.3) is 0 Å². The molecule has 6 heteroatoms. The molecule has 1 aromatic heterocycles. The van der Waals surface area contributed by atoms with Crippen LogP contribution in [0.3, 0.4) is 0 Å². The number of nitrogens with zero attached hydrogens (tertiary/aromatic N) is 2. The highest BCUT2D eigenvalue weighted by atomic mass is 19.4. The van der Waals surface area contributed by atoms with Crippen LogP contribution < -0.4 is 0 Å². The van der Waals surface area contributed by atoms with Gasteiger partial charge in [-0.2, -0.15) is 18.4 Å². The van der Waals surface area contributed by atoms with E-state index in [0.29, 0.717) is 0 Å². The predicted molar refractivity (Wildman–Crippen MR) is 31.0 cm³/mol. The van der Waals surface area contributed by atoms with Crippen molar-refractivity contribution in [3.63, 3.8) is 0 Å². The molecule has 0 aliphatic rings. The quantitative estimate of drug-likeness (QED) is 0.606. The number of halogens is 3. The van der Waals surface area contributed by atoms with E-state index in [2.05, 4.69) is 9.40 Å². The van der Waals surface area contributed by atoms with Gasteiger partial charge in [0, 0.05) is 6.92 Å². The molecule has 0 fully saturated rings. The summed E-state index contributed by atoms with van der Waals surface area (Å²) in [5.74, 6) is -1.50. The molecular formula is C6H3F3N2O. The first kappa shape index (κ1) is 8.59. The summed E-state index contributed by atoms with van der Waals surface area (Å²) in [5.41, 5.74) is -0.722. The van der Waals surface area contributed by atoms with Gasteiger partial charge in [-0.1, -0.05) is 0 Å². The summed E-state index contributed by atoms with van der Waals surface area (Å²) in [6.07, 6.45) is -4.65. The Labute approximate surface area is 65.4 Å². The number of rotatable bonds is 0. The molecule has 1 rings (SSSR count). The van der Waals surface area contributed by atoms with Crippen LogP contribution in [0, 0.1) is 18.3 Å². The van der Waals surface area contributed by atoms with E-state index in [0.717, 1.165) is 0 Å². The number of alkyl halides is 3. The summed E-state index contributed by atoms with van der Waals surface area (Å²) in [6, 6.07) is 1.30. The first-order valence-corrected chi connectivity index (χ1v) is 2.90. The van der Waals surface area contributed by atoms with Crippen molar-refractivity contribution >= 4 is 0 Å². The first-order chi connectivity index (χ1) is 5.45. The van der Waals surface area contributed by atoms with Crippen molar-refractivity contribution in [2.24, 2.45) is 0 Å². The fourth-order valence-electron chi connectivity index (χ4n) is 0.695. The standard InChI is InChI=1S/C6H3F3N2O/c1-3-11-4(2-10)5(12-3)6(7,8)9/h1H3. The number of aryl methyl sites for hydroxylation is 1. The molecule has 0 atom stereocenters. The van der Waals surface area contributed by atoms with Gasteiger partial charge in [-0.15, -0.1) is 0 Å². The maximum absolute atomic E-state index is 12.0. The smallest absolute Gasteiger partial charge is 0.435 e. The fraction of sp³-hybridized carbons (Fsp3) is 0.333. The average Bonchev–Trinajstić information content (AvgIpc) is 2.29. The average molecular weight is 176 g/mol. The van der Waals surface area contributed by atoms with Crippen LogP contribution in [0.1, 0.15) is 17.3 Å². The van der Waals surface area contributed by atoms with Gasteiger partial charge in [0.05, 0.1) is 0 Å². The van der Waals surface area contributed by atoms with Crippen molar-refractivity contribution in [2.75, 3.05) is 0 Å². The lowest BCUT2D eigenvalue weighted by atomic mass is 10.3. The van der Waals surface area contributed by atoms with E-state index in [1.807, 2.05) is 0 Å². The summed E-state index contributed by atoms with van der Waals surface area (Å²) < 4.78 is 40.1. The second kappa shape index (κ2) is 2.52. The maximum atomic E-state index is 12.0. The highest BCUT2D eigenvalue weighted by Gasteiger charge is 2.39. The number of hydrogen-bond acceptors (Lipinski definition) is 3. The molecule has 3 nitrogen and oxygen atoms in total. The molecule has 0 aliphatic carbocycles. The lowest BCUT2D eigenvalue weighted by Gasteiger charge is -1.99. The second-order valence-electron chi connectivity index (χ2n) is 2.02. The summed E-state index contributed by atoms with van der Waals surface area (Å²) in [5, 5.41) is 8.22. The van der Waals surface area contributed by atoms with Crippen LogP contribution in [0.4, 0.5) is 13.2 Å². The highest BCUT2D eigenvalue weighted by Crippen LogP contribution is 2.31. The van der Waals surface area contributed by atoms with E-state index in [4.69, 9.17) is 5.26 Å². The molecular weight excluding hydrogens is 173 g/mol. The lowest BCUT2D eigenvalue weighted by molar-refractivity contribution is -0.153. The zero-order valence-electron chi connectivity index (χ0n) is 5.94. The third kappa shape index (κ3) is 1.39. The number of oxazole rings is 1. The second-order valence-corrected chi connectivity index (χ2v) is 2.02. The van der Waals surface area contributed by atoms with Crippen LogP contribution in [0.5, 0.6) is 0 Å². The largest absolute Gasteiger partial charge is 0.452 e. The Bertz CT molecular complexity index is 334. The van der Waals surface area contributed by atoms with Crippen molar-refractivity contribution in [1.29, 1.82) is 5.26 Å². The van der Waals surface area contributed by atoms with Crippen molar-refractivity contribution in [3.05, 3.63) is 17.3 Å². The maximum Gasteiger partial charge on any atom is 0.452 e. The molecule has 0 bridgehead atoms. The molecule has 0 aliphatic heterocycles. The van der Waals surface area contributed by atoms with Crippen molar-refractivity contribution in [1.82, 2.24) is 4.98 Å². The van der Waals surface area contributed by atoms with E-state index < -0.39 is 17.6 Å². The highest BCUT2D eigenvalue weighted by molar-refractivity contribution is 5.26. The summed E-state index contributed by atoms with van der Waals surface area (Å²) in [7, 11) is 0. The van der Waals surface area contributed by atoms with Crippen molar-refractivity contribution in [2.45, 2.75) is 13.1 Å². The summed E-state index contributed by atoms with van der Waals surface area (Å²) >= 11 is 0. The minimum Gasteiger partial charge on any atom is -0.435 e. The van der Waals surface area contributed by atoms with Crippen molar-refractivity contribution < 1.29 is 17.6 Å². The molecule has 0 radical (unpaired) electrons. The van der Waals surface area contributed by atoms with Gasteiger partial charge in [0.15, 0.2) is 11.6 Å². The zero-order valence-corrected chi connectivity index (χ0v) is 5.94. The third-order valence-corrected chi connectivity index (χ3v) is 1.10. The normalized spacial score (nSPS) is 11.2. The summed E-state index contributed by atoms with van der Waals surface area (Å²) in [4.78, 5) is 3.25. The van der Waals surface area contributed by atoms with Gasteiger partial charge < -0.3 is 4.42 Å². The van der Waals surface area contributed by atoms with Gasteiger partial charge in [0.1, 0.15) is 6.07 Å². The Morgan fingerprint density at radius 3 is 2.42 bits per heavy atom. The molecule has 0 aromatic carbocycles. The van der Waals surface area contributed by atoms with Crippen LogP contribution in [0.25, 0.3) is 0 Å². The van der Waals surface area contributed by atoms with Crippen LogP contribution in [-0.2, 0) is 6.18 Å². The molecule has 12 heavy (non-hydrogen) atoms. The molecule has 0 spiro atoms. The Kier molecular flexibility index (Phi) is 1.80. The summed E-state index contributed by atoms with van der Waals surface area (Å²) in [6.45, 7) is 1.25. The Morgan fingerprint density at radius 1 is 1.50 bits per heavy atom. The number of hydrogen-bond donors (Lipinski definition) is 0. The first-order valence-electron chi connectivity index (χ1n) is 2.90. The van der Waals surface area contributed by atoms with E-state index in [1.54, 1.807) is 0 Å². The minimum atomic E-state index is -4.65. The molecule has 0 unspecified atom stereocenters. The zero-order chi connectivity index (χ0) is 9.35. The molecule has 0 N–H and O–H groups in total. The number of nitriles is 1. The number of aromatic nitrogens is 1. The van der Waals surface area contributed by atoms with Gasteiger partial charge >= 0.3 is 6.18 Å². The Balaban J connectivity index is 3.25. The van der Waals surface area contributed by atoms with Gasteiger partial charge in [-0.3, -0.25) is 0 Å². The topological polar surface area (TPSA) is 49.8 Å². The molecule has 0 amide bonds. The SMILES string of the molecule is Cc1nc(C#N)c(C(F)(F)F)o1. The molecule has 1 aromatic rings. The Morgan fingerprint density at radius 2 is 2.08 bits per heavy atom. The van der Waals surface area contributed by atoms with Crippen LogP contribution in [0.15, 0.2) is 4.42 Å². The Hall–Kier alpha value is -1.51. The van der Waals surface area contributed by atoms with Crippen molar-refractivity contribution in [3.8, 4) is 6.07 Å². The molecule has 0 saturated carbocycles. The molecule has 64 valence electrons. The third-order valence-electron chi connectivity index (χ3n) is 1.10. The minimum absolute atomic E-state index is 0.168. The van der Waals surface area contributed by atoms with Gasteiger partial charge in [-0.25, -0.2) is 4.98 Å². The monoisotopic (exact) mass is 176 g/mol. The van der Waals surface area contributed by atoms with E-state index in [1.165, 1.54) is 13.0 Å². The van der Waals surface area contributed by atoms with Gasteiger partial charge in [-0.05, 0) is 0 Å². The van der Waals surface area contributed by atoms with E-state index in [-0.39, 0.29) is 5.89 Å². The van der Waals surface area contributed by atoms with E-state index in [9.17, 15) is 13.2 Å².